The van der Waals surface area contributed by atoms with E-state index in [1.54, 1.807) is 0 Å². The van der Waals surface area contributed by atoms with Gasteiger partial charge in [0.1, 0.15) is 5.78 Å². The summed E-state index contributed by atoms with van der Waals surface area (Å²) in [5.74, 6) is 0.821. The molecule has 0 bridgehead atoms. The summed E-state index contributed by atoms with van der Waals surface area (Å²) in [6.07, 6.45) is 4.77. The Morgan fingerprint density at radius 3 is 2.91 bits per heavy atom. The number of ether oxygens (including phenoxy) is 1. The Morgan fingerprint density at radius 2 is 2.27 bits per heavy atom. The SMILES string of the molecule is O=C1[C@H]2CCO[C@@H]2C12CCC2. The number of Topliss-reactive ketones (excluding diaryl/α,β-unsaturated/α-hetero) is 1. The summed E-state index contributed by atoms with van der Waals surface area (Å²) in [5.41, 5.74) is 0.0428. The highest BCUT2D eigenvalue weighted by Crippen LogP contribution is 2.59. The zero-order chi connectivity index (χ0) is 7.47. The molecular formula is C9H12O2. The lowest BCUT2D eigenvalue weighted by Crippen LogP contribution is -2.63. The standard InChI is InChI=1S/C9H12O2/c10-7-6-2-5-11-8(6)9(7)3-1-4-9/h6,8H,1-5H2/t6-,8+/m1/s1. The molecule has 2 aliphatic carbocycles. The predicted molar refractivity (Wildman–Crippen MR) is 39.1 cm³/mol. The van der Waals surface area contributed by atoms with Crippen LogP contribution in [0.2, 0.25) is 0 Å². The normalized spacial score (nSPS) is 44.9. The second-order valence-electron chi connectivity index (χ2n) is 4.06. The average Bonchev–Trinajstić information content (AvgIpc) is 2.29. The van der Waals surface area contributed by atoms with Crippen molar-refractivity contribution in [1.82, 2.24) is 0 Å². The maximum atomic E-state index is 11.6. The van der Waals surface area contributed by atoms with Crippen LogP contribution in [0.25, 0.3) is 0 Å². The number of hydrogen-bond acceptors (Lipinski definition) is 2. The molecule has 2 saturated carbocycles. The first kappa shape index (κ1) is 6.18. The zero-order valence-electron chi connectivity index (χ0n) is 6.51. The van der Waals surface area contributed by atoms with Gasteiger partial charge in [0.15, 0.2) is 0 Å². The van der Waals surface area contributed by atoms with Crippen molar-refractivity contribution in [3.8, 4) is 0 Å². The Bertz CT molecular complexity index is 218. The van der Waals surface area contributed by atoms with Crippen molar-refractivity contribution < 1.29 is 9.53 Å². The van der Waals surface area contributed by atoms with Crippen LogP contribution in [0, 0.1) is 11.3 Å². The molecule has 11 heavy (non-hydrogen) atoms. The van der Waals surface area contributed by atoms with Gasteiger partial charge in [-0.05, 0) is 19.3 Å². The molecule has 60 valence electrons. The van der Waals surface area contributed by atoms with E-state index < -0.39 is 0 Å². The van der Waals surface area contributed by atoms with E-state index in [1.165, 1.54) is 6.42 Å². The van der Waals surface area contributed by atoms with Gasteiger partial charge in [0.25, 0.3) is 0 Å². The lowest BCUT2D eigenvalue weighted by Gasteiger charge is -2.55. The van der Waals surface area contributed by atoms with E-state index in [2.05, 4.69) is 0 Å². The van der Waals surface area contributed by atoms with Crippen molar-refractivity contribution in [2.45, 2.75) is 31.8 Å². The maximum Gasteiger partial charge on any atom is 0.147 e. The predicted octanol–water partition coefficient (Wildman–Crippen LogP) is 1.14. The molecule has 3 rings (SSSR count). The van der Waals surface area contributed by atoms with Crippen molar-refractivity contribution in [2.75, 3.05) is 6.61 Å². The van der Waals surface area contributed by atoms with Crippen molar-refractivity contribution in [3.63, 3.8) is 0 Å². The molecule has 0 unspecified atom stereocenters. The number of rotatable bonds is 0. The number of fused-ring (bicyclic) bond motifs is 2. The second-order valence-corrected chi connectivity index (χ2v) is 4.06. The zero-order valence-corrected chi connectivity index (χ0v) is 6.51. The van der Waals surface area contributed by atoms with Crippen LogP contribution in [-0.2, 0) is 9.53 Å². The molecule has 2 atom stereocenters. The molecule has 0 amide bonds. The largest absolute Gasteiger partial charge is 0.376 e. The van der Waals surface area contributed by atoms with Gasteiger partial charge in [0, 0.05) is 12.5 Å². The van der Waals surface area contributed by atoms with Crippen LogP contribution in [-0.4, -0.2) is 18.5 Å². The first-order valence-electron chi connectivity index (χ1n) is 4.50. The third kappa shape index (κ3) is 0.496. The van der Waals surface area contributed by atoms with Gasteiger partial charge in [-0.3, -0.25) is 4.79 Å². The van der Waals surface area contributed by atoms with E-state index in [1.807, 2.05) is 0 Å². The highest BCUT2D eigenvalue weighted by Gasteiger charge is 2.66. The van der Waals surface area contributed by atoms with E-state index in [0.29, 0.717) is 17.8 Å². The van der Waals surface area contributed by atoms with Crippen LogP contribution >= 0.6 is 0 Å². The topological polar surface area (TPSA) is 26.3 Å². The second kappa shape index (κ2) is 1.69. The van der Waals surface area contributed by atoms with E-state index >= 15 is 0 Å². The van der Waals surface area contributed by atoms with Gasteiger partial charge in [-0.2, -0.15) is 0 Å². The minimum atomic E-state index is 0.0428. The molecule has 0 aromatic heterocycles. The molecule has 3 aliphatic rings. The Morgan fingerprint density at radius 1 is 1.45 bits per heavy atom. The van der Waals surface area contributed by atoms with Crippen molar-refractivity contribution >= 4 is 5.78 Å². The summed E-state index contributed by atoms with van der Waals surface area (Å²) in [7, 11) is 0. The highest BCUT2D eigenvalue weighted by atomic mass is 16.5. The number of carbonyl (C=O) groups excluding carboxylic acids is 1. The first-order chi connectivity index (χ1) is 5.34. The number of ketones is 1. The van der Waals surface area contributed by atoms with Crippen molar-refractivity contribution in [3.05, 3.63) is 0 Å². The third-order valence-corrected chi connectivity index (χ3v) is 3.71. The average molecular weight is 152 g/mol. The molecule has 3 fully saturated rings. The monoisotopic (exact) mass is 152 g/mol. The van der Waals surface area contributed by atoms with Gasteiger partial charge in [-0.15, -0.1) is 0 Å². The van der Waals surface area contributed by atoms with Crippen LogP contribution in [0.15, 0.2) is 0 Å². The molecular weight excluding hydrogens is 140 g/mol. The molecule has 0 aromatic carbocycles. The van der Waals surface area contributed by atoms with E-state index in [9.17, 15) is 4.79 Å². The molecule has 2 heteroatoms. The van der Waals surface area contributed by atoms with Crippen LogP contribution in [0.3, 0.4) is 0 Å². The number of hydrogen-bond donors (Lipinski definition) is 0. The summed E-state index contributed by atoms with van der Waals surface area (Å²) in [5, 5.41) is 0. The van der Waals surface area contributed by atoms with Gasteiger partial charge in [-0.25, -0.2) is 0 Å². The lowest BCUT2D eigenvalue weighted by molar-refractivity contribution is -0.178. The smallest absolute Gasteiger partial charge is 0.147 e. The van der Waals surface area contributed by atoms with Crippen LogP contribution < -0.4 is 0 Å². The first-order valence-corrected chi connectivity index (χ1v) is 4.50. The molecule has 0 N–H and O–H groups in total. The number of carbonyl (C=O) groups is 1. The summed E-state index contributed by atoms with van der Waals surface area (Å²) in [6.45, 7) is 0.822. The fourth-order valence-corrected chi connectivity index (χ4v) is 2.90. The van der Waals surface area contributed by atoms with E-state index in [-0.39, 0.29) is 5.41 Å². The maximum absolute atomic E-state index is 11.6. The lowest BCUT2D eigenvalue weighted by atomic mass is 9.49. The Balaban J connectivity index is 1.92. The van der Waals surface area contributed by atoms with E-state index in [4.69, 9.17) is 4.74 Å². The molecule has 0 radical (unpaired) electrons. The molecule has 2 nitrogen and oxygen atoms in total. The quantitative estimate of drug-likeness (QED) is 0.520. The highest BCUT2D eigenvalue weighted by molar-refractivity contribution is 5.96. The van der Waals surface area contributed by atoms with Crippen molar-refractivity contribution in [2.24, 2.45) is 11.3 Å². The third-order valence-electron chi connectivity index (χ3n) is 3.71. The Hall–Kier alpha value is -0.370. The van der Waals surface area contributed by atoms with Gasteiger partial charge >= 0.3 is 0 Å². The molecule has 1 saturated heterocycles. The molecule has 1 heterocycles. The molecule has 1 spiro atoms. The minimum Gasteiger partial charge on any atom is -0.376 e. The van der Waals surface area contributed by atoms with Gasteiger partial charge in [-0.1, -0.05) is 6.42 Å². The van der Waals surface area contributed by atoms with Crippen LogP contribution in [0.5, 0.6) is 0 Å². The summed E-state index contributed by atoms with van der Waals surface area (Å²) in [4.78, 5) is 11.6. The van der Waals surface area contributed by atoms with Crippen molar-refractivity contribution in [1.29, 1.82) is 0 Å². The van der Waals surface area contributed by atoms with Gasteiger partial charge in [0.05, 0.1) is 11.5 Å². The van der Waals surface area contributed by atoms with Crippen LogP contribution in [0.1, 0.15) is 25.7 Å². The van der Waals surface area contributed by atoms with Gasteiger partial charge in [0.2, 0.25) is 0 Å². The summed E-state index contributed by atoms with van der Waals surface area (Å²) >= 11 is 0. The minimum absolute atomic E-state index is 0.0428. The van der Waals surface area contributed by atoms with E-state index in [0.717, 1.165) is 25.9 Å². The summed E-state index contributed by atoms with van der Waals surface area (Å²) in [6, 6.07) is 0. The Kier molecular flexibility index (Phi) is 0.947. The fourth-order valence-electron chi connectivity index (χ4n) is 2.90. The van der Waals surface area contributed by atoms with Crippen LogP contribution in [0.4, 0.5) is 0 Å². The Labute approximate surface area is 65.9 Å². The molecule has 1 aliphatic heterocycles. The summed E-state index contributed by atoms with van der Waals surface area (Å²) < 4.78 is 5.56. The molecule has 0 aromatic rings. The fraction of sp³-hybridized carbons (Fsp3) is 0.889. The van der Waals surface area contributed by atoms with Gasteiger partial charge < -0.3 is 4.74 Å².